The largest absolute Gasteiger partial charge is 0.476 e. The van der Waals surface area contributed by atoms with Crippen LogP contribution >= 0.6 is 0 Å². The van der Waals surface area contributed by atoms with Crippen LogP contribution in [0.2, 0.25) is 0 Å². The summed E-state index contributed by atoms with van der Waals surface area (Å²) in [6, 6.07) is 9.03. The van der Waals surface area contributed by atoms with Crippen molar-refractivity contribution >= 4 is 17.6 Å². The molecular weight excluding hydrogens is 258 g/mol. The van der Waals surface area contributed by atoms with Gasteiger partial charge in [-0.3, -0.25) is 9.48 Å². The molecule has 0 saturated heterocycles. The SMILES string of the molecule is Cn1nc(C(=O)O)cc1C(=O)N1CCc2ccccc21. The lowest BCUT2D eigenvalue weighted by Crippen LogP contribution is -2.30. The monoisotopic (exact) mass is 271 g/mol. The molecule has 2 heterocycles. The van der Waals surface area contributed by atoms with Crippen molar-refractivity contribution in [3.8, 4) is 0 Å². The number of carboxylic acids is 1. The molecular formula is C14H13N3O3. The van der Waals surface area contributed by atoms with Gasteiger partial charge in [0.15, 0.2) is 5.69 Å². The molecule has 20 heavy (non-hydrogen) atoms. The Kier molecular flexibility index (Phi) is 2.78. The lowest BCUT2D eigenvalue weighted by atomic mass is 10.2. The zero-order valence-corrected chi connectivity index (χ0v) is 10.9. The molecule has 0 fully saturated rings. The second-order valence-electron chi connectivity index (χ2n) is 4.68. The van der Waals surface area contributed by atoms with E-state index in [4.69, 9.17) is 5.11 Å². The minimum atomic E-state index is -1.14. The van der Waals surface area contributed by atoms with Crippen LogP contribution in [0.4, 0.5) is 5.69 Å². The van der Waals surface area contributed by atoms with Crippen LogP contribution in [0.25, 0.3) is 0 Å². The number of aryl methyl sites for hydroxylation is 1. The van der Waals surface area contributed by atoms with Crippen molar-refractivity contribution in [3.63, 3.8) is 0 Å². The molecule has 0 bridgehead atoms. The predicted octanol–water partition coefficient (Wildman–Crippen LogP) is 1.32. The Morgan fingerprint density at radius 2 is 2.05 bits per heavy atom. The highest BCUT2D eigenvalue weighted by Crippen LogP contribution is 2.28. The fraction of sp³-hybridized carbons (Fsp3) is 0.214. The van der Waals surface area contributed by atoms with Gasteiger partial charge in [0.1, 0.15) is 5.69 Å². The molecule has 1 aromatic carbocycles. The number of anilines is 1. The molecule has 6 heteroatoms. The fourth-order valence-corrected chi connectivity index (χ4v) is 2.46. The van der Waals surface area contributed by atoms with E-state index in [-0.39, 0.29) is 17.3 Å². The Labute approximate surface area is 115 Å². The fourth-order valence-electron chi connectivity index (χ4n) is 2.46. The smallest absolute Gasteiger partial charge is 0.356 e. The summed E-state index contributed by atoms with van der Waals surface area (Å²) in [6.07, 6.45) is 0.811. The topological polar surface area (TPSA) is 75.4 Å². The average molecular weight is 271 g/mol. The van der Waals surface area contributed by atoms with Gasteiger partial charge in [-0.2, -0.15) is 5.10 Å². The van der Waals surface area contributed by atoms with Crippen LogP contribution in [0.15, 0.2) is 30.3 Å². The van der Waals surface area contributed by atoms with Crippen LogP contribution in [0.5, 0.6) is 0 Å². The minimum Gasteiger partial charge on any atom is -0.476 e. The van der Waals surface area contributed by atoms with Crippen molar-refractivity contribution in [3.05, 3.63) is 47.3 Å². The van der Waals surface area contributed by atoms with Crippen LogP contribution < -0.4 is 4.90 Å². The Bertz CT molecular complexity index is 705. The number of fused-ring (bicyclic) bond motifs is 1. The quantitative estimate of drug-likeness (QED) is 0.893. The maximum Gasteiger partial charge on any atom is 0.356 e. The maximum absolute atomic E-state index is 12.5. The molecule has 1 aromatic heterocycles. The van der Waals surface area contributed by atoms with Crippen LogP contribution in [0.3, 0.4) is 0 Å². The van der Waals surface area contributed by atoms with Crippen molar-refractivity contribution < 1.29 is 14.7 Å². The number of aromatic nitrogens is 2. The molecule has 1 N–H and O–H groups in total. The standard InChI is InChI=1S/C14H13N3O3/c1-16-12(8-10(15-16)14(19)20)13(18)17-7-6-9-4-2-3-5-11(9)17/h2-5,8H,6-7H2,1H3,(H,19,20). The van der Waals surface area contributed by atoms with Gasteiger partial charge in [0, 0.05) is 25.3 Å². The molecule has 0 radical (unpaired) electrons. The molecule has 1 aliphatic rings. The lowest BCUT2D eigenvalue weighted by molar-refractivity contribution is 0.0689. The van der Waals surface area contributed by atoms with E-state index in [0.717, 1.165) is 17.7 Å². The van der Waals surface area contributed by atoms with Crippen molar-refractivity contribution in [2.75, 3.05) is 11.4 Å². The second-order valence-corrected chi connectivity index (χ2v) is 4.68. The number of nitrogens with zero attached hydrogens (tertiary/aromatic N) is 3. The van der Waals surface area contributed by atoms with Gasteiger partial charge in [-0.15, -0.1) is 0 Å². The Balaban J connectivity index is 1.97. The lowest BCUT2D eigenvalue weighted by Gasteiger charge is -2.16. The highest BCUT2D eigenvalue weighted by molar-refractivity contribution is 6.07. The zero-order chi connectivity index (χ0) is 14.3. The average Bonchev–Trinajstić information content (AvgIpc) is 3.01. The van der Waals surface area contributed by atoms with Crippen LogP contribution in [0, 0.1) is 0 Å². The van der Waals surface area contributed by atoms with Gasteiger partial charge in [0.25, 0.3) is 5.91 Å². The van der Waals surface area contributed by atoms with Gasteiger partial charge in [-0.05, 0) is 18.1 Å². The third-order valence-corrected chi connectivity index (χ3v) is 3.45. The zero-order valence-electron chi connectivity index (χ0n) is 10.9. The van der Waals surface area contributed by atoms with E-state index in [1.165, 1.54) is 10.7 Å². The summed E-state index contributed by atoms with van der Waals surface area (Å²) in [5.41, 5.74) is 2.17. The summed E-state index contributed by atoms with van der Waals surface area (Å²) in [5, 5.41) is 12.8. The van der Waals surface area contributed by atoms with Crippen LogP contribution in [-0.2, 0) is 13.5 Å². The van der Waals surface area contributed by atoms with Gasteiger partial charge >= 0.3 is 5.97 Å². The molecule has 0 atom stereocenters. The van der Waals surface area contributed by atoms with Crippen molar-refractivity contribution in [1.29, 1.82) is 0 Å². The molecule has 3 rings (SSSR count). The molecule has 2 aromatic rings. The first kappa shape index (κ1) is 12.4. The van der Waals surface area contributed by atoms with Crippen LogP contribution in [0.1, 0.15) is 26.5 Å². The van der Waals surface area contributed by atoms with E-state index >= 15 is 0 Å². The molecule has 0 unspecified atom stereocenters. The normalized spacial score (nSPS) is 13.3. The van der Waals surface area contributed by atoms with Gasteiger partial charge < -0.3 is 10.0 Å². The van der Waals surface area contributed by atoms with Gasteiger partial charge in [0.05, 0.1) is 0 Å². The maximum atomic E-state index is 12.5. The first-order chi connectivity index (χ1) is 9.58. The summed E-state index contributed by atoms with van der Waals surface area (Å²) in [5.74, 6) is -1.36. The van der Waals surface area contributed by atoms with E-state index in [1.54, 1.807) is 11.9 Å². The number of carbonyl (C=O) groups is 2. The number of hydrogen-bond acceptors (Lipinski definition) is 3. The molecule has 0 saturated carbocycles. The molecule has 1 aliphatic heterocycles. The van der Waals surface area contributed by atoms with E-state index < -0.39 is 5.97 Å². The summed E-state index contributed by atoms with van der Waals surface area (Å²) < 4.78 is 1.31. The van der Waals surface area contributed by atoms with Crippen molar-refractivity contribution in [1.82, 2.24) is 9.78 Å². The summed E-state index contributed by atoms with van der Waals surface area (Å²) >= 11 is 0. The van der Waals surface area contributed by atoms with Gasteiger partial charge in [0.2, 0.25) is 0 Å². The van der Waals surface area contributed by atoms with Crippen LogP contribution in [-0.4, -0.2) is 33.3 Å². The number of carbonyl (C=O) groups excluding carboxylic acids is 1. The molecule has 0 aliphatic carbocycles. The van der Waals surface area contributed by atoms with Crippen molar-refractivity contribution in [2.45, 2.75) is 6.42 Å². The number of hydrogen-bond donors (Lipinski definition) is 1. The summed E-state index contributed by atoms with van der Waals surface area (Å²) in [4.78, 5) is 25.1. The molecule has 1 amide bonds. The van der Waals surface area contributed by atoms with E-state index in [2.05, 4.69) is 5.10 Å². The third kappa shape index (κ3) is 1.85. The summed E-state index contributed by atoms with van der Waals surface area (Å²) in [7, 11) is 1.57. The predicted molar refractivity (Wildman–Crippen MR) is 72.0 cm³/mol. The number of amides is 1. The first-order valence-electron chi connectivity index (χ1n) is 6.25. The second kappa shape index (κ2) is 4.48. The number of aromatic carboxylic acids is 1. The summed E-state index contributed by atoms with van der Waals surface area (Å²) in [6.45, 7) is 0.603. The van der Waals surface area contributed by atoms with Crippen molar-refractivity contribution in [2.24, 2.45) is 7.05 Å². The Morgan fingerprint density at radius 1 is 1.30 bits per heavy atom. The van der Waals surface area contributed by atoms with E-state index in [9.17, 15) is 9.59 Å². The van der Waals surface area contributed by atoms with Gasteiger partial charge in [-0.1, -0.05) is 18.2 Å². The third-order valence-electron chi connectivity index (χ3n) is 3.45. The number of para-hydroxylation sites is 1. The van der Waals surface area contributed by atoms with E-state index in [0.29, 0.717) is 6.54 Å². The number of rotatable bonds is 2. The highest BCUT2D eigenvalue weighted by atomic mass is 16.4. The number of benzene rings is 1. The molecule has 6 nitrogen and oxygen atoms in total. The number of carboxylic acid groups (broad SMARTS) is 1. The molecule has 0 spiro atoms. The Hall–Kier alpha value is -2.63. The highest BCUT2D eigenvalue weighted by Gasteiger charge is 2.28. The minimum absolute atomic E-state index is 0.122. The first-order valence-corrected chi connectivity index (χ1v) is 6.25. The molecule has 102 valence electrons. The Morgan fingerprint density at radius 3 is 2.75 bits per heavy atom. The van der Waals surface area contributed by atoms with E-state index in [1.807, 2.05) is 24.3 Å². The van der Waals surface area contributed by atoms with Gasteiger partial charge in [-0.25, -0.2) is 4.79 Å².